The van der Waals surface area contributed by atoms with E-state index < -0.39 is 11.4 Å². The van der Waals surface area contributed by atoms with E-state index in [0.717, 1.165) is 24.2 Å². The van der Waals surface area contributed by atoms with Gasteiger partial charge in [-0.25, -0.2) is 14.2 Å². The van der Waals surface area contributed by atoms with E-state index in [2.05, 4.69) is 23.7 Å². The lowest BCUT2D eigenvalue weighted by Gasteiger charge is -2.21. The van der Waals surface area contributed by atoms with E-state index >= 15 is 0 Å². The molecule has 4 rings (SSSR count). The van der Waals surface area contributed by atoms with Crippen LogP contribution in [0.15, 0.2) is 45.6 Å². The van der Waals surface area contributed by atoms with Crippen molar-refractivity contribution in [1.82, 2.24) is 4.98 Å². The molecule has 132 valence electrons. The Kier molecular flexibility index (Phi) is 4.04. The molecular formula is C20H16ClFN2O2. The summed E-state index contributed by atoms with van der Waals surface area (Å²) in [6.07, 6.45) is 0. The van der Waals surface area contributed by atoms with E-state index in [-0.39, 0.29) is 5.02 Å². The van der Waals surface area contributed by atoms with Crippen LogP contribution in [0.4, 0.5) is 10.1 Å². The predicted molar refractivity (Wildman–Crippen MR) is 104 cm³/mol. The highest BCUT2D eigenvalue weighted by Crippen LogP contribution is 2.29. The highest BCUT2D eigenvalue weighted by atomic mass is 35.5. The summed E-state index contributed by atoms with van der Waals surface area (Å²) in [5.74, 6) is -0.547. The zero-order valence-corrected chi connectivity index (χ0v) is 15.1. The smallest absolute Gasteiger partial charge is 0.345 e. The van der Waals surface area contributed by atoms with Gasteiger partial charge in [-0.15, -0.1) is 0 Å². The fraction of sp³-hybridized carbons (Fsp3) is 0.200. The Bertz CT molecular complexity index is 1220. The average molecular weight is 371 g/mol. The number of rotatable bonds is 3. The molecule has 0 aliphatic rings. The first kappa shape index (κ1) is 16.8. The van der Waals surface area contributed by atoms with Crippen LogP contribution in [0.1, 0.15) is 13.8 Å². The van der Waals surface area contributed by atoms with Gasteiger partial charge >= 0.3 is 5.63 Å². The molecule has 0 saturated carbocycles. The van der Waals surface area contributed by atoms with Gasteiger partial charge in [-0.3, -0.25) is 0 Å². The number of halogens is 2. The van der Waals surface area contributed by atoms with Gasteiger partial charge in [0, 0.05) is 35.6 Å². The van der Waals surface area contributed by atoms with Gasteiger partial charge in [0.05, 0.1) is 21.4 Å². The van der Waals surface area contributed by atoms with Crippen molar-refractivity contribution in [3.63, 3.8) is 0 Å². The van der Waals surface area contributed by atoms with Gasteiger partial charge in [0.25, 0.3) is 0 Å². The first-order chi connectivity index (χ1) is 12.5. The number of pyridine rings is 1. The summed E-state index contributed by atoms with van der Waals surface area (Å²) >= 11 is 5.88. The Hall–Kier alpha value is -2.66. The van der Waals surface area contributed by atoms with Crippen molar-refractivity contribution >= 4 is 50.1 Å². The van der Waals surface area contributed by atoms with Crippen molar-refractivity contribution in [2.75, 3.05) is 18.0 Å². The van der Waals surface area contributed by atoms with E-state index in [9.17, 15) is 9.18 Å². The van der Waals surface area contributed by atoms with Gasteiger partial charge in [0.2, 0.25) is 0 Å². The summed E-state index contributed by atoms with van der Waals surface area (Å²) in [5.41, 5.74) is 2.03. The third-order valence-electron chi connectivity index (χ3n) is 4.63. The van der Waals surface area contributed by atoms with Crippen LogP contribution in [0.3, 0.4) is 0 Å². The first-order valence-corrected chi connectivity index (χ1v) is 8.81. The second kappa shape index (κ2) is 6.25. The van der Waals surface area contributed by atoms with E-state index in [0.29, 0.717) is 27.4 Å². The number of hydrogen-bond donors (Lipinski definition) is 0. The van der Waals surface area contributed by atoms with Crippen molar-refractivity contribution in [2.24, 2.45) is 0 Å². The summed E-state index contributed by atoms with van der Waals surface area (Å²) in [7, 11) is 0. The van der Waals surface area contributed by atoms with Crippen LogP contribution < -0.4 is 10.5 Å². The molecule has 0 spiro atoms. The molecule has 26 heavy (non-hydrogen) atoms. The lowest BCUT2D eigenvalue weighted by Crippen LogP contribution is -2.21. The minimum Gasteiger partial charge on any atom is -0.422 e. The van der Waals surface area contributed by atoms with Crippen LogP contribution in [0, 0.1) is 5.82 Å². The second-order valence-corrected chi connectivity index (χ2v) is 6.49. The zero-order valence-electron chi connectivity index (χ0n) is 14.3. The third kappa shape index (κ3) is 2.59. The molecular weight excluding hydrogens is 355 g/mol. The monoisotopic (exact) mass is 370 g/mol. The summed E-state index contributed by atoms with van der Waals surface area (Å²) in [6.45, 7) is 5.85. The molecule has 2 aromatic carbocycles. The average Bonchev–Trinajstić information content (AvgIpc) is 2.63. The standard InChI is InChI=1S/C20H16ClFN2O2/c1-3-24(4-2)12-5-6-13-18(9-12)26-20(25)14-7-11-8-16(22)15(21)10-17(11)23-19(13)14/h5-10H,3-4H2,1-2H3. The number of hydrogen-bond acceptors (Lipinski definition) is 4. The summed E-state index contributed by atoms with van der Waals surface area (Å²) in [5, 5.41) is 1.56. The highest BCUT2D eigenvalue weighted by molar-refractivity contribution is 6.31. The Balaban J connectivity index is 2.06. The molecule has 0 unspecified atom stereocenters. The van der Waals surface area contributed by atoms with Crippen molar-refractivity contribution in [3.8, 4) is 0 Å². The molecule has 0 N–H and O–H groups in total. The van der Waals surface area contributed by atoms with Crippen molar-refractivity contribution in [2.45, 2.75) is 13.8 Å². The molecule has 0 saturated heterocycles. The molecule has 0 bridgehead atoms. The third-order valence-corrected chi connectivity index (χ3v) is 4.92. The van der Waals surface area contributed by atoms with Gasteiger partial charge in [0.1, 0.15) is 11.4 Å². The van der Waals surface area contributed by atoms with E-state index in [1.807, 2.05) is 18.2 Å². The minimum absolute atomic E-state index is 0.000408. The lowest BCUT2D eigenvalue weighted by atomic mass is 10.1. The molecule has 0 aliphatic carbocycles. The highest BCUT2D eigenvalue weighted by Gasteiger charge is 2.13. The molecule has 4 aromatic rings. The van der Waals surface area contributed by atoms with Crippen molar-refractivity contribution < 1.29 is 8.81 Å². The van der Waals surface area contributed by atoms with Crippen LogP contribution in [-0.2, 0) is 0 Å². The van der Waals surface area contributed by atoms with Crippen LogP contribution in [0.25, 0.3) is 32.8 Å². The van der Waals surface area contributed by atoms with Crippen molar-refractivity contribution in [1.29, 1.82) is 0 Å². The maximum atomic E-state index is 13.7. The Morgan fingerprint density at radius 2 is 1.88 bits per heavy atom. The van der Waals surface area contributed by atoms with Gasteiger partial charge in [-0.2, -0.15) is 0 Å². The number of nitrogens with zero attached hydrogens (tertiary/aromatic N) is 2. The quantitative estimate of drug-likeness (QED) is 0.285. The van der Waals surface area contributed by atoms with Crippen LogP contribution in [0.2, 0.25) is 5.02 Å². The lowest BCUT2D eigenvalue weighted by molar-refractivity contribution is 0.569. The topological polar surface area (TPSA) is 46.3 Å². The van der Waals surface area contributed by atoms with Crippen LogP contribution in [0.5, 0.6) is 0 Å². The SMILES string of the molecule is CCN(CC)c1ccc2c(c1)oc(=O)c1cc3cc(F)c(Cl)cc3nc12. The first-order valence-electron chi connectivity index (χ1n) is 8.43. The predicted octanol–water partition coefficient (Wildman–Crippen LogP) is 5.13. The van der Waals surface area contributed by atoms with Crippen molar-refractivity contribution in [3.05, 3.63) is 57.7 Å². The molecule has 4 nitrogen and oxygen atoms in total. The fourth-order valence-electron chi connectivity index (χ4n) is 3.26. The van der Waals surface area contributed by atoms with E-state index in [4.69, 9.17) is 16.0 Å². The van der Waals surface area contributed by atoms with Gasteiger partial charge in [-0.05, 0) is 44.2 Å². The molecule has 0 radical (unpaired) electrons. The Labute approximate surface area is 153 Å². The van der Waals surface area contributed by atoms with Gasteiger partial charge < -0.3 is 9.32 Å². The Morgan fingerprint density at radius 1 is 1.12 bits per heavy atom. The second-order valence-electron chi connectivity index (χ2n) is 6.09. The minimum atomic E-state index is -0.547. The van der Waals surface area contributed by atoms with Crippen LogP contribution >= 0.6 is 11.6 Å². The largest absolute Gasteiger partial charge is 0.422 e. The van der Waals surface area contributed by atoms with Crippen LogP contribution in [-0.4, -0.2) is 18.1 Å². The molecule has 2 aromatic heterocycles. The van der Waals surface area contributed by atoms with E-state index in [1.165, 1.54) is 12.1 Å². The molecule has 2 heterocycles. The van der Waals surface area contributed by atoms with Gasteiger partial charge in [0.15, 0.2) is 0 Å². The number of benzene rings is 2. The fourth-order valence-corrected chi connectivity index (χ4v) is 3.42. The molecule has 0 aliphatic heterocycles. The number of fused-ring (bicyclic) bond motifs is 4. The number of aromatic nitrogens is 1. The molecule has 6 heteroatoms. The molecule has 0 atom stereocenters. The van der Waals surface area contributed by atoms with E-state index in [1.54, 1.807) is 6.07 Å². The maximum absolute atomic E-state index is 13.7. The Morgan fingerprint density at radius 3 is 2.62 bits per heavy atom. The zero-order chi connectivity index (χ0) is 18.4. The summed E-state index contributed by atoms with van der Waals surface area (Å²) in [6, 6.07) is 10.1. The van der Waals surface area contributed by atoms with Gasteiger partial charge in [-0.1, -0.05) is 11.6 Å². The maximum Gasteiger partial charge on any atom is 0.345 e. The molecule has 0 amide bonds. The normalized spacial score (nSPS) is 11.5. The summed E-state index contributed by atoms with van der Waals surface area (Å²) in [4.78, 5) is 19.2. The molecule has 0 fully saturated rings. The summed E-state index contributed by atoms with van der Waals surface area (Å²) < 4.78 is 19.2. The number of anilines is 1.